The molecule has 0 saturated heterocycles. The molecular formula is C20H26FN3. The predicted molar refractivity (Wildman–Crippen MR) is 102 cm³/mol. The van der Waals surface area contributed by atoms with Crippen LogP contribution in [0.15, 0.2) is 58.8 Å². The van der Waals surface area contributed by atoms with Gasteiger partial charge < -0.3 is 9.80 Å². The first-order chi connectivity index (χ1) is 11.3. The fourth-order valence-electron chi connectivity index (χ4n) is 2.64. The molecule has 1 atom stereocenters. The van der Waals surface area contributed by atoms with Crippen LogP contribution in [0.2, 0.25) is 0 Å². The van der Waals surface area contributed by atoms with Crippen LogP contribution < -0.4 is 4.90 Å². The Bertz CT molecular complexity index is 707. The molecule has 24 heavy (non-hydrogen) atoms. The number of likely N-dealkylation sites (N-methyl/N-ethyl adjacent to an activating group) is 1. The SMILES string of the molecule is C/C=C1C=C(/C=C(\C)c2ccc(N(C)C)cc2)N(C)C/1=N/C(C)F. The van der Waals surface area contributed by atoms with Crippen molar-refractivity contribution in [3.05, 3.63) is 59.3 Å². The molecule has 0 bridgehead atoms. The lowest BCUT2D eigenvalue weighted by Crippen LogP contribution is -2.22. The summed E-state index contributed by atoms with van der Waals surface area (Å²) >= 11 is 0. The van der Waals surface area contributed by atoms with E-state index < -0.39 is 6.30 Å². The lowest BCUT2D eigenvalue weighted by atomic mass is 10.1. The molecule has 1 unspecified atom stereocenters. The maximum absolute atomic E-state index is 13.3. The van der Waals surface area contributed by atoms with E-state index in [0.29, 0.717) is 5.84 Å². The molecule has 3 nitrogen and oxygen atoms in total. The number of allylic oxidation sites excluding steroid dienone is 3. The van der Waals surface area contributed by atoms with E-state index in [4.69, 9.17) is 0 Å². The third-order valence-electron chi connectivity index (χ3n) is 4.08. The molecule has 0 spiro atoms. The van der Waals surface area contributed by atoms with Crippen LogP contribution in [-0.4, -0.2) is 38.2 Å². The van der Waals surface area contributed by atoms with Crippen molar-refractivity contribution in [2.75, 3.05) is 26.0 Å². The van der Waals surface area contributed by atoms with Gasteiger partial charge in [0.05, 0.1) is 0 Å². The highest BCUT2D eigenvalue weighted by Crippen LogP contribution is 2.26. The summed E-state index contributed by atoms with van der Waals surface area (Å²) in [5.41, 5.74) is 5.46. The molecule has 1 aromatic rings. The number of alkyl halides is 1. The molecule has 0 fully saturated rings. The minimum Gasteiger partial charge on any atom is -0.378 e. The third kappa shape index (κ3) is 3.94. The summed E-state index contributed by atoms with van der Waals surface area (Å²) in [5.74, 6) is 0.675. The van der Waals surface area contributed by atoms with Gasteiger partial charge in [0.25, 0.3) is 0 Å². The van der Waals surface area contributed by atoms with Crippen molar-refractivity contribution in [1.82, 2.24) is 4.90 Å². The smallest absolute Gasteiger partial charge is 0.189 e. The summed E-state index contributed by atoms with van der Waals surface area (Å²) in [6, 6.07) is 8.45. The van der Waals surface area contributed by atoms with Gasteiger partial charge in [0.1, 0.15) is 5.84 Å². The molecule has 1 aliphatic rings. The van der Waals surface area contributed by atoms with E-state index in [0.717, 1.165) is 16.8 Å². The van der Waals surface area contributed by atoms with Gasteiger partial charge in [-0.05, 0) is 56.2 Å². The molecule has 1 aromatic carbocycles. The van der Waals surface area contributed by atoms with Crippen LogP contribution in [-0.2, 0) is 0 Å². The molecule has 1 aliphatic heterocycles. The first-order valence-electron chi connectivity index (χ1n) is 8.13. The van der Waals surface area contributed by atoms with E-state index in [1.54, 1.807) is 0 Å². The second kappa shape index (κ2) is 7.47. The molecule has 0 radical (unpaired) electrons. The maximum Gasteiger partial charge on any atom is 0.189 e. The third-order valence-corrected chi connectivity index (χ3v) is 4.08. The van der Waals surface area contributed by atoms with Crippen LogP contribution in [0.25, 0.3) is 5.57 Å². The van der Waals surface area contributed by atoms with Crippen molar-refractivity contribution in [2.24, 2.45) is 4.99 Å². The van der Waals surface area contributed by atoms with Crippen LogP contribution >= 0.6 is 0 Å². The minimum atomic E-state index is -1.21. The van der Waals surface area contributed by atoms with Gasteiger partial charge in [-0.2, -0.15) is 0 Å². The van der Waals surface area contributed by atoms with Gasteiger partial charge in [0.15, 0.2) is 6.30 Å². The first-order valence-corrected chi connectivity index (χ1v) is 8.13. The first kappa shape index (κ1) is 18.0. The highest BCUT2D eigenvalue weighted by Gasteiger charge is 2.21. The van der Waals surface area contributed by atoms with Gasteiger partial charge in [-0.15, -0.1) is 0 Å². The molecule has 0 aromatic heterocycles. The second-order valence-electron chi connectivity index (χ2n) is 6.17. The number of nitrogens with zero attached hydrogens (tertiary/aromatic N) is 3. The van der Waals surface area contributed by atoms with Crippen molar-refractivity contribution < 1.29 is 4.39 Å². The van der Waals surface area contributed by atoms with E-state index in [9.17, 15) is 4.39 Å². The Morgan fingerprint density at radius 2 is 1.88 bits per heavy atom. The van der Waals surface area contributed by atoms with Crippen molar-refractivity contribution >= 4 is 17.1 Å². The fourth-order valence-corrected chi connectivity index (χ4v) is 2.64. The Balaban J connectivity index is 2.30. The molecule has 0 N–H and O–H groups in total. The lowest BCUT2D eigenvalue weighted by molar-refractivity contribution is 0.373. The van der Waals surface area contributed by atoms with Crippen LogP contribution in [0.3, 0.4) is 0 Å². The molecule has 0 amide bonds. The van der Waals surface area contributed by atoms with Gasteiger partial charge in [0, 0.05) is 38.1 Å². The lowest BCUT2D eigenvalue weighted by Gasteiger charge is -2.17. The van der Waals surface area contributed by atoms with Gasteiger partial charge in [-0.25, -0.2) is 9.38 Å². The predicted octanol–water partition coefficient (Wildman–Crippen LogP) is 4.65. The highest BCUT2D eigenvalue weighted by atomic mass is 19.1. The normalized spacial score (nSPS) is 19.9. The number of halogens is 1. The van der Waals surface area contributed by atoms with E-state index in [1.807, 2.05) is 45.1 Å². The van der Waals surface area contributed by atoms with Gasteiger partial charge >= 0.3 is 0 Å². The Kier molecular flexibility index (Phi) is 5.60. The second-order valence-corrected chi connectivity index (χ2v) is 6.17. The number of aliphatic imine (C=N–C) groups is 1. The molecule has 128 valence electrons. The molecule has 2 rings (SSSR count). The Hall–Kier alpha value is -2.36. The van der Waals surface area contributed by atoms with Crippen molar-refractivity contribution in [3.63, 3.8) is 0 Å². The molecule has 0 saturated carbocycles. The van der Waals surface area contributed by atoms with Crippen molar-refractivity contribution in [2.45, 2.75) is 27.1 Å². The molecule has 4 heteroatoms. The van der Waals surface area contributed by atoms with Crippen LogP contribution in [0.5, 0.6) is 0 Å². The number of benzene rings is 1. The number of hydrogen-bond acceptors (Lipinski definition) is 2. The van der Waals surface area contributed by atoms with Crippen LogP contribution in [0.4, 0.5) is 10.1 Å². The molecule has 0 aliphatic carbocycles. The number of anilines is 1. The number of rotatable bonds is 4. The van der Waals surface area contributed by atoms with E-state index in [2.05, 4.69) is 47.2 Å². The summed E-state index contributed by atoms with van der Waals surface area (Å²) in [7, 11) is 5.98. The fraction of sp³-hybridized carbons (Fsp3) is 0.350. The minimum absolute atomic E-state index is 0.675. The van der Waals surface area contributed by atoms with Crippen LogP contribution in [0.1, 0.15) is 26.3 Å². The average Bonchev–Trinajstić information content (AvgIpc) is 2.83. The number of hydrogen-bond donors (Lipinski definition) is 0. The van der Waals surface area contributed by atoms with Gasteiger partial charge in [-0.3, -0.25) is 0 Å². The zero-order valence-electron chi connectivity index (χ0n) is 15.3. The summed E-state index contributed by atoms with van der Waals surface area (Å²) in [5, 5.41) is 0. The Morgan fingerprint density at radius 3 is 2.38 bits per heavy atom. The monoisotopic (exact) mass is 327 g/mol. The molecule has 1 heterocycles. The Morgan fingerprint density at radius 1 is 1.25 bits per heavy atom. The molecular weight excluding hydrogens is 301 g/mol. The van der Waals surface area contributed by atoms with Gasteiger partial charge in [0.2, 0.25) is 0 Å². The highest BCUT2D eigenvalue weighted by molar-refractivity contribution is 6.05. The van der Waals surface area contributed by atoms with Gasteiger partial charge in [-0.1, -0.05) is 18.2 Å². The van der Waals surface area contributed by atoms with E-state index >= 15 is 0 Å². The largest absolute Gasteiger partial charge is 0.378 e. The topological polar surface area (TPSA) is 18.8 Å². The quantitative estimate of drug-likeness (QED) is 0.750. The van der Waals surface area contributed by atoms with Crippen LogP contribution in [0, 0.1) is 0 Å². The van der Waals surface area contributed by atoms with E-state index in [-0.39, 0.29) is 0 Å². The summed E-state index contributed by atoms with van der Waals surface area (Å²) in [6.45, 7) is 5.47. The standard InChI is InChI=1S/C20H26FN3/c1-7-16-13-19(24(6)20(16)22-15(3)21)12-14(2)17-8-10-18(11-9-17)23(4)5/h7-13,15H,1-6H3/b14-12+,16-7-,22-20+. The Labute approximate surface area is 144 Å². The number of amidine groups is 1. The van der Waals surface area contributed by atoms with E-state index in [1.165, 1.54) is 18.2 Å². The zero-order chi connectivity index (χ0) is 17.9. The summed E-state index contributed by atoms with van der Waals surface area (Å²) in [6.07, 6.45) is 4.90. The van der Waals surface area contributed by atoms with Crippen molar-refractivity contribution in [3.8, 4) is 0 Å². The average molecular weight is 327 g/mol. The zero-order valence-corrected chi connectivity index (χ0v) is 15.3. The summed E-state index contributed by atoms with van der Waals surface area (Å²) in [4.78, 5) is 8.10. The summed E-state index contributed by atoms with van der Waals surface area (Å²) < 4.78 is 13.3. The van der Waals surface area contributed by atoms with Crippen molar-refractivity contribution in [1.29, 1.82) is 0 Å². The maximum atomic E-state index is 13.3.